The van der Waals surface area contributed by atoms with E-state index in [1.165, 1.54) is 16.3 Å². The third-order valence-corrected chi connectivity index (χ3v) is 6.30. The van der Waals surface area contributed by atoms with Crippen molar-refractivity contribution in [2.45, 2.75) is 26.0 Å². The molecule has 36 heavy (non-hydrogen) atoms. The molecule has 3 aromatic carbocycles. The van der Waals surface area contributed by atoms with Crippen molar-refractivity contribution in [1.82, 2.24) is 9.55 Å². The van der Waals surface area contributed by atoms with Gasteiger partial charge in [-0.2, -0.15) is 0 Å². The maximum absolute atomic E-state index is 11.3. The van der Waals surface area contributed by atoms with Gasteiger partial charge in [-0.3, -0.25) is 4.98 Å². The van der Waals surface area contributed by atoms with Gasteiger partial charge < -0.3 is 19.1 Å². The van der Waals surface area contributed by atoms with Crippen LogP contribution in [0.2, 0.25) is 0 Å². The van der Waals surface area contributed by atoms with E-state index in [2.05, 4.69) is 52.0 Å². The minimum Gasteiger partial charge on any atom is -0.492 e. The Labute approximate surface area is 209 Å². The maximum atomic E-state index is 11.3. The number of benzene rings is 3. The standard InChI is InChI=1S/C30H28N2O4/c1-2-35-29(30(33)34)19-21-10-13-23(14-11-21)36-18-17-32-27-9-4-3-7-24(27)25-20-22(12-15-28(25)32)26-8-5-6-16-31-26/h3-16,20,29H,2,17-19H2,1H3,(H,33,34). The van der Waals surface area contributed by atoms with E-state index < -0.39 is 12.1 Å². The molecule has 6 nitrogen and oxygen atoms in total. The van der Waals surface area contributed by atoms with E-state index in [1.54, 1.807) is 6.92 Å². The SMILES string of the molecule is CCOC(Cc1ccc(OCCn2c3ccccc3c3cc(-c4ccccn4)ccc32)cc1)C(=O)O. The molecule has 2 aromatic heterocycles. The van der Waals surface area contributed by atoms with Crippen LogP contribution in [-0.2, 0) is 22.5 Å². The van der Waals surface area contributed by atoms with E-state index in [1.807, 2.05) is 48.7 Å². The van der Waals surface area contributed by atoms with Crippen LogP contribution < -0.4 is 4.74 Å². The van der Waals surface area contributed by atoms with Crippen molar-refractivity contribution in [3.63, 3.8) is 0 Å². The smallest absolute Gasteiger partial charge is 0.333 e. The van der Waals surface area contributed by atoms with Crippen LogP contribution in [0.1, 0.15) is 12.5 Å². The summed E-state index contributed by atoms with van der Waals surface area (Å²) in [6.45, 7) is 3.36. The van der Waals surface area contributed by atoms with E-state index in [0.29, 0.717) is 26.2 Å². The zero-order chi connectivity index (χ0) is 24.9. The van der Waals surface area contributed by atoms with Crippen molar-refractivity contribution in [2.75, 3.05) is 13.2 Å². The molecule has 0 saturated carbocycles. The molecule has 182 valence electrons. The van der Waals surface area contributed by atoms with Crippen LogP contribution in [0.5, 0.6) is 5.75 Å². The van der Waals surface area contributed by atoms with Crippen molar-refractivity contribution >= 4 is 27.8 Å². The predicted octanol–water partition coefficient (Wildman–Crippen LogP) is 5.97. The summed E-state index contributed by atoms with van der Waals surface area (Å²) < 4.78 is 13.6. The summed E-state index contributed by atoms with van der Waals surface area (Å²) in [6, 6.07) is 28.4. The highest BCUT2D eigenvalue weighted by atomic mass is 16.5. The van der Waals surface area contributed by atoms with Gasteiger partial charge in [0.25, 0.3) is 0 Å². The fourth-order valence-electron chi connectivity index (χ4n) is 4.60. The van der Waals surface area contributed by atoms with Gasteiger partial charge >= 0.3 is 5.97 Å². The first kappa shape index (κ1) is 23.6. The van der Waals surface area contributed by atoms with Gasteiger partial charge in [-0.25, -0.2) is 4.79 Å². The number of carboxylic acid groups (broad SMARTS) is 1. The highest BCUT2D eigenvalue weighted by Gasteiger charge is 2.18. The van der Waals surface area contributed by atoms with Gasteiger partial charge in [-0.1, -0.05) is 42.5 Å². The fraction of sp³-hybridized carbons (Fsp3) is 0.200. The molecule has 0 bridgehead atoms. The molecule has 0 fully saturated rings. The first-order valence-electron chi connectivity index (χ1n) is 12.1. The number of hydrogen-bond donors (Lipinski definition) is 1. The van der Waals surface area contributed by atoms with Gasteiger partial charge in [-0.15, -0.1) is 0 Å². The largest absolute Gasteiger partial charge is 0.492 e. The molecule has 0 radical (unpaired) electrons. The van der Waals surface area contributed by atoms with E-state index in [-0.39, 0.29) is 0 Å². The highest BCUT2D eigenvalue weighted by molar-refractivity contribution is 6.09. The second-order valence-electron chi connectivity index (χ2n) is 8.59. The number of ether oxygens (including phenoxy) is 2. The molecular weight excluding hydrogens is 452 g/mol. The number of para-hydroxylation sites is 1. The molecule has 1 atom stereocenters. The second-order valence-corrected chi connectivity index (χ2v) is 8.59. The van der Waals surface area contributed by atoms with Crippen LogP contribution in [0.25, 0.3) is 33.1 Å². The number of hydrogen-bond acceptors (Lipinski definition) is 4. The summed E-state index contributed by atoms with van der Waals surface area (Å²) in [7, 11) is 0. The second kappa shape index (κ2) is 10.6. The zero-order valence-electron chi connectivity index (χ0n) is 20.1. The Hall–Kier alpha value is -4.16. The first-order valence-corrected chi connectivity index (χ1v) is 12.1. The minimum atomic E-state index is -0.949. The molecule has 0 spiro atoms. The number of aromatic nitrogens is 2. The Kier molecular flexibility index (Phi) is 6.96. The summed E-state index contributed by atoms with van der Waals surface area (Å²) in [4.78, 5) is 15.8. The lowest BCUT2D eigenvalue weighted by atomic mass is 10.1. The van der Waals surface area contributed by atoms with E-state index in [0.717, 1.165) is 28.1 Å². The molecule has 5 rings (SSSR count). The van der Waals surface area contributed by atoms with Gasteiger partial charge in [-0.05, 0) is 55.0 Å². The van der Waals surface area contributed by atoms with E-state index in [9.17, 15) is 9.90 Å². The van der Waals surface area contributed by atoms with Gasteiger partial charge in [0, 0.05) is 46.6 Å². The Morgan fingerprint density at radius 2 is 1.72 bits per heavy atom. The summed E-state index contributed by atoms with van der Waals surface area (Å²) in [5.41, 5.74) is 5.27. The minimum absolute atomic E-state index is 0.325. The summed E-state index contributed by atoms with van der Waals surface area (Å²) in [5, 5.41) is 11.7. The van der Waals surface area contributed by atoms with Gasteiger partial charge in [0.05, 0.1) is 12.2 Å². The monoisotopic (exact) mass is 480 g/mol. The average molecular weight is 481 g/mol. The maximum Gasteiger partial charge on any atom is 0.333 e. The third-order valence-electron chi connectivity index (χ3n) is 6.30. The molecule has 1 unspecified atom stereocenters. The van der Waals surface area contributed by atoms with Crippen LogP contribution in [0.3, 0.4) is 0 Å². The molecule has 2 heterocycles. The summed E-state index contributed by atoms with van der Waals surface area (Å²) in [5.74, 6) is -0.198. The Bertz CT molecular complexity index is 1480. The normalized spacial score (nSPS) is 12.1. The lowest BCUT2D eigenvalue weighted by Gasteiger charge is -2.13. The molecule has 1 N–H and O–H groups in total. The third kappa shape index (κ3) is 4.95. The quantitative estimate of drug-likeness (QED) is 0.267. The van der Waals surface area contributed by atoms with Crippen LogP contribution in [0.4, 0.5) is 0 Å². The molecule has 5 aromatic rings. The van der Waals surface area contributed by atoms with Crippen LogP contribution in [0.15, 0.2) is 91.1 Å². The molecule has 0 aliphatic carbocycles. The van der Waals surface area contributed by atoms with Gasteiger partial charge in [0.15, 0.2) is 6.10 Å². The lowest BCUT2D eigenvalue weighted by molar-refractivity contribution is -0.149. The van der Waals surface area contributed by atoms with Crippen molar-refractivity contribution < 1.29 is 19.4 Å². The zero-order valence-corrected chi connectivity index (χ0v) is 20.1. The number of aliphatic carboxylic acids is 1. The number of nitrogens with zero attached hydrogens (tertiary/aromatic N) is 2. The number of carboxylic acids is 1. The molecule has 0 aliphatic rings. The first-order chi connectivity index (χ1) is 17.6. The number of fused-ring (bicyclic) bond motifs is 3. The Balaban J connectivity index is 1.32. The van der Waals surface area contributed by atoms with E-state index in [4.69, 9.17) is 9.47 Å². The summed E-state index contributed by atoms with van der Waals surface area (Å²) in [6.07, 6.45) is 1.30. The Morgan fingerprint density at radius 3 is 2.47 bits per heavy atom. The van der Waals surface area contributed by atoms with Crippen molar-refractivity contribution in [2.24, 2.45) is 0 Å². The highest BCUT2D eigenvalue weighted by Crippen LogP contribution is 2.32. The number of rotatable bonds is 10. The van der Waals surface area contributed by atoms with Crippen LogP contribution in [0, 0.1) is 0 Å². The average Bonchev–Trinajstić information content (AvgIpc) is 3.23. The molecule has 6 heteroatoms. The van der Waals surface area contributed by atoms with Crippen LogP contribution in [-0.4, -0.2) is 39.9 Å². The van der Waals surface area contributed by atoms with Crippen molar-refractivity contribution in [3.05, 3.63) is 96.7 Å². The molecule has 0 amide bonds. The van der Waals surface area contributed by atoms with Gasteiger partial charge in [0.1, 0.15) is 12.4 Å². The van der Waals surface area contributed by atoms with E-state index >= 15 is 0 Å². The number of pyridine rings is 1. The van der Waals surface area contributed by atoms with Crippen molar-refractivity contribution in [1.29, 1.82) is 0 Å². The lowest BCUT2D eigenvalue weighted by Crippen LogP contribution is -2.26. The Morgan fingerprint density at radius 1 is 0.944 bits per heavy atom. The topological polar surface area (TPSA) is 73.6 Å². The molecule has 0 aliphatic heterocycles. The van der Waals surface area contributed by atoms with Gasteiger partial charge in [0.2, 0.25) is 0 Å². The predicted molar refractivity (Wildman–Crippen MR) is 141 cm³/mol. The van der Waals surface area contributed by atoms with Crippen molar-refractivity contribution in [3.8, 4) is 17.0 Å². The van der Waals surface area contributed by atoms with Crippen LogP contribution >= 0.6 is 0 Å². The number of carbonyl (C=O) groups is 1. The summed E-state index contributed by atoms with van der Waals surface area (Å²) >= 11 is 0. The molecule has 0 saturated heterocycles. The molecular formula is C30H28N2O4. The fourth-order valence-corrected chi connectivity index (χ4v) is 4.60.